The zero-order valence-corrected chi connectivity index (χ0v) is 13.8. The maximum absolute atomic E-state index is 12.2. The third-order valence-corrected chi connectivity index (χ3v) is 5.07. The van der Waals surface area contributed by atoms with Crippen LogP contribution in [0, 0.1) is 0 Å². The standard InChI is InChI=1S/C16H19N3O3S/c1-22-12-7-3-2-6-11(12)17-14(20)10-13-15(21)18-16(23-13)19-8-4-5-9-19/h2-3,6-7,13H,4-5,8-10H2,1H3,(H,17,20). The number of thioether (sulfide) groups is 1. The molecule has 6 nitrogen and oxygen atoms in total. The Kier molecular flexibility index (Phi) is 4.85. The van der Waals surface area contributed by atoms with E-state index in [9.17, 15) is 9.59 Å². The highest BCUT2D eigenvalue weighted by atomic mass is 32.2. The molecule has 1 aromatic rings. The van der Waals surface area contributed by atoms with Crippen LogP contribution in [0.3, 0.4) is 0 Å². The number of likely N-dealkylation sites (tertiary alicyclic amines) is 1. The number of ether oxygens (including phenoxy) is 1. The summed E-state index contributed by atoms with van der Waals surface area (Å²) in [6.45, 7) is 1.89. The van der Waals surface area contributed by atoms with E-state index in [0.717, 1.165) is 31.1 Å². The Hall–Kier alpha value is -2.02. The Morgan fingerprint density at radius 2 is 2.13 bits per heavy atom. The van der Waals surface area contributed by atoms with Crippen molar-refractivity contribution < 1.29 is 14.3 Å². The Morgan fingerprint density at radius 1 is 1.39 bits per heavy atom. The van der Waals surface area contributed by atoms with Crippen molar-refractivity contribution in [3.63, 3.8) is 0 Å². The number of amidine groups is 1. The SMILES string of the molecule is COc1ccccc1NC(=O)CC1SC(N2CCCC2)=NC1=O. The van der Waals surface area contributed by atoms with Gasteiger partial charge < -0.3 is 15.0 Å². The van der Waals surface area contributed by atoms with Gasteiger partial charge in [-0.25, -0.2) is 0 Å². The van der Waals surface area contributed by atoms with Gasteiger partial charge in [0.1, 0.15) is 11.0 Å². The molecule has 0 radical (unpaired) electrons. The quantitative estimate of drug-likeness (QED) is 0.914. The van der Waals surface area contributed by atoms with Crippen LogP contribution in [0.2, 0.25) is 0 Å². The van der Waals surface area contributed by atoms with Gasteiger partial charge in [0, 0.05) is 19.5 Å². The molecule has 0 bridgehead atoms. The number of hydrogen-bond donors (Lipinski definition) is 1. The first-order valence-corrected chi connectivity index (χ1v) is 8.52. The molecule has 1 unspecified atom stereocenters. The molecule has 1 atom stereocenters. The second-order valence-electron chi connectivity index (χ2n) is 5.49. The molecule has 2 aliphatic heterocycles. The number of anilines is 1. The molecule has 0 saturated carbocycles. The van der Waals surface area contributed by atoms with E-state index in [1.807, 2.05) is 12.1 Å². The molecule has 0 aromatic heterocycles. The molecule has 2 aliphatic rings. The summed E-state index contributed by atoms with van der Waals surface area (Å²) in [6, 6.07) is 7.20. The van der Waals surface area contributed by atoms with Gasteiger partial charge in [0.2, 0.25) is 5.91 Å². The summed E-state index contributed by atoms with van der Waals surface area (Å²) in [5.41, 5.74) is 0.608. The van der Waals surface area contributed by atoms with E-state index >= 15 is 0 Å². The van der Waals surface area contributed by atoms with Crippen molar-refractivity contribution in [3.8, 4) is 5.75 Å². The van der Waals surface area contributed by atoms with Crippen molar-refractivity contribution >= 4 is 34.4 Å². The number of amides is 2. The lowest BCUT2D eigenvalue weighted by atomic mass is 10.2. The highest BCUT2D eigenvalue weighted by Gasteiger charge is 2.33. The van der Waals surface area contributed by atoms with Gasteiger partial charge in [0.15, 0.2) is 5.17 Å². The maximum Gasteiger partial charge on any atom is 0.262 e. The smallest absolute Gasteiger partial charge is 0.262 e. The highest BCUT2D eigenvalue weighted by Crippen LogP contribution is 2.30. The minimum absolute atomic E-state index is 0.113. The molecule has 1 saturated heterocycles. The number of rotatable bonds is 4. The normalized spacial score (nSPS) is 20.6. The van der Waals surface area contributed by atoms with Crippen LogP contribution in [-0.4, -0.2) is 47.3 Å². The summed E-state index contributed by atoms with van der Waals surface area (Å²) in [4.78, 5) is 30.5. The maximum atomic E-state index is 12.2. The van der Waals surface area contributed by atoms with Crippen LogP contribution in [-0.2, 0) is 9.59 Å². The fraction of sp³-hybridized carbons (Fsp3) is 0.438. The van der Waals surface area contributed by atoms with Gasteiger partial charge in [-0.15, -0.1) is 0 Å². The number of para-hydroxylation sites is 2. The van der Waals surface area contributed by atoms with Gasteiger partial charge in [-0.2, -0.15) is 4.99 Å². The molecule has 3 rings (SSSR count). The van der Waals surface area contributed by atoms with E-state index < -0.39 is 5.25 Å². The second-order valence-corrected chi connectivity index (χ2v) is 6.66. The molecule has 2 amide bonds. The molecule has 2 heterocycles. The van der Waals surface area contributed by atoms with Gasteiger partial charge >= 0.3 is 0 Å². The fourth-order valence-electron chi connectivity index (χ4n) is 2.67. The summed E-state index contributed by atoms with van der Waals surface area (Å²) in [5.74, 6) is 0.172. The third-order valence-electron chi connectivity index (χ3n) is 3.86. The van der Waals surface area contributed by atoms with Crippen molar-refractivity contribution in [1.29, 1.82) is 0 Å². The predicted molar refractivity (Wildman–Crippen MR) is 90.9 cm³/mol. The third kappa shape index (κ3) is 3.67. The van der Waals surface area contributed by atoms with Gasteiger partial charge in [0.05, 0.1) is 12.8 Å². The van der Waals surface area contributed by atoms with E-state index in [1.165, 1.54) is 11.8 Å². The second kappa shape index (κ2) is 7.04. The number of hydrogen-bond acceptors (Lipinski definition) is 5. The first-order valence-electron chi connectivity index (χ1n) is 7.64. The Labute approximate surface area is 139 Å². The number of benzene rings is 1. The van der Waals surface area contributed by atoms with Crippen LogP contribution >= 0.6 is 11.8 Å². The molecule has 0 spiro atoms. The van der Waals surface area contributed by atoms with E-state index in [1.54, 1.807) is 19.2 Å². The minimum Gasteiger partial charge on any atom is -0.495 e. The number of carbonyl (C=O) groups is 2. The van der Waals surface area contributed by atoms with Crippen LogP contribution in [0.25, 0.3) is 0 Å². The largest absolute Gasteiger partial charge is 0.495 e. The lowest BCUT2D eigenvalue weighted by Gasteiger charge is -2.16. The van der Waals surface area contributed by atoms with Crippen LogP contribution in [0.15, 0.2) is 29.3 Å². The first-order chi connectivity index (χ1) is 11.2. The van der Waals surface area contributed by atoms with Crippen LogP contribution in [0.4, 0.5) is 5.69 Å². The number of methoxy groups -OCH3 is 1. The molecule has 1 aromatic carbocycles. The van der Waals surface area contributed by atoms with Crippen molar-refractivity contribution in [2.24, 2.45) is 4.99 Å². The number of nitrogens with one attached hydrogen (secondary N) is 1. The summed E-state index contributed by atoms with van der Waals surface area (Å²) in [6.07, 6.45) is 2.38. The lowest BCUT2D eigenvalue weighted by molar-refractivity contribution is -0.121. The summed E-state index contributed by atoms with van der Waals surface area (Å²) in [7, 11) is 1.55. The molecule has 122 valence electrons. The average molecular weight is 333 g/mol. The van der Waals surface area contributed by atoms with Crippen LogP contribution < -0.4 is 10.1 Å². The number of aliphatic imine (C=N–C) groups is 1. The van der Waals surface area contributed by atoms with Gasteiger partial charge in [-0.3, -0.25) is 9.59 Å². The predicted octanol–water partition coefficient (Wildman–Crippen LogP) is 2.12. The van der Waals surface area contributed by atoms with Crippen molar-refractivity contribution in [2.75, 3.05) is 25.5 Å². The van der Waals surface area contributed by atoms with Crippen molar-refractivity contribution in [3.05, 3.63) is 24.3 Å². The molecular formula is C16H19N3O3S. The number of carbonyl (C=O) groups excluding carboxylic acids is 2. The molecule has 0 aliphatic carbocycles. The highest BCUT2D eigenvalue weighted by molar-refractivity contribution is 8.15. The first kappa shape index (κ1) is 15.9. The van der Waals surface area contributed by atoms with Gasteiger partial charge in [-0.1, -0.05) is 23.9 Å². The summed E-state index contributed by atoms with van der Waals surface area (Å²) < 4.78 is 5.21. The fourth-order valence-corrected chi connectivity index (χ4v) is 3.79. The molecule has 1 fully saturated rings. The van der Waals surface area contributed by atoms with Gasteiger partial charge in [0.25, 0.3) is 5.91 Å². The Balaban J connectivity index is 1.57. The number of nitrogens with zero attached hydrogens (tertiary/aromatic N) is 2. The Bertz CT molecular complexity index is 641. The summed E-state index contributed by atoms with van der Waals surface area (Å²) in [5, 5.41) is 3.14. The van der Waals surface area contributed by atoms with Gasteiger partial charge in [-0.05, 0) is 25.0 Å². The molecule has 23 heavy (non-hydrogen) atoms. The average Bonchev–Trinajstić information content (AvgIpc) is 3.18. The zero-order valence-electron chi connectivity index (χ0n) is 12.9. The van der Waals surface area contributed by atoms with Crippen LogP contribution in [0.1, 0.15) is 19.3 Å². The topological polar surface area (TPSA) is 71.0 Å². The molecule has 7 heteroatoms. The van der Waals surface area contributed by atoms with E-state index in [-0.39, 0.29) is 18.2 Å². The Morgan fingerprint density at radius 3 is 2.87 bits per heavy atom. The van der Waals surface area contributed by atoms with Crippen molar-refractivity contribution in [2.45, 2.75) is 24.5 Å². The van der Waals surface area contributed by atoms with E-state index in [0.29, 0.717) is 11.4 Å². The van der Waals surface area contributed by atoms with E-state index in [2.05, 4.69) is 15.2 Å². The minimum atomic E-state index is -0.430. The lowest BCUT2D eigenvalue weighted by Crippen LogP contribution is -2.25. The molecule has 1 N–H and O–H groups in total. The molecular weight excluding hydrogens is 314 g/mol. The van der Waals surface area contributed by atoms with Crippen LogP contribution in [0.5, 0.6) is 5.75 Å². The zero-order chi connectivity index (χ0) is 16.2. The van der Waals surface area contributed by atoms with Crippen molar-refractivity contribution in [1.82, 2.24) is 4.90 Å². The van der Waals surface area contributed by atoms with E-state index in [4.69, 9.17) is 4.74 Å². The monoisotopic (exact) mass is 333 g/mol. The summed E-state index contributed by atoms with van der Waals surface area (Å²) >= 11 is 1.40.